The topological polar surface area (TPSA) is 102 Å². The van der Waals surface area contributed by atoms with Crippen molar-refractivity contribution in [2.24, 2.45) is 5.92 Å². The van der Waals surface area contributed by atoms with Gasteiger partial charge in [-0.25, -0.2) is 0 Å². The summed E-state index contributed by atoms with van der Waals surface area (Å²) in [6.07, 6.45) is 5.61. The molecule has 4 aromatic rings. The van der Waals surface area contributed by atoms with Gasteiger partial charge in [0.1, 0.15) is 11.5 Å². The fourth-order valence-electron chi connectivity index (χ4n) is 7.42. The zero-order valence-corrected chi connectivity index (χ0v) is 29.7. The minimum Gasteiger partial charge on any atom is -0.508 e. The number of phenolic OH excluding ortho intramolecular Hbond substituents is 2. The Morgan fingerprint density at radius 1 is 0.922 bits per heavy atom. The highest BCUT2D eigenvalue weighted by Gasteiger charge is 2.28. The Balaban J connectivity index is 1.17. The maximum absolute atomic E-state index is 14.0. The molecule has 0 fully saturated rings. The van der Waals surface area contributed by atoms with Gasteiger partial charge >= 0.3 is 0 Å². The quantitative estimate of drug-likeness (QED) is 0.124. The van der Waals surface area contributed by atoms with E-state index in [4.69, 9.17) is 4.74 Å². The number of anilines is 1. The molecule has 3 N–H and O–H groups in total. The van der Waals surface area contributed by atoms with Gasteiger partial charge in [0.25, 0.3) is 0 Å². The molecule has 1 heterocycles. The second-order valence-corrected chi connectivity index (χ2v) is 14.0. The molecule has 4 aromatic carbocycles. The molecular weight excluding hydrogens is 638 g/mol. The van der Waals surface area contributed by atoms with Crippen molar-refractivity contribution in [3.63, 3.8) is 0 Å². The van der Waals surface area contributed by atoms with Gasteiger partial charge in [0.15, 0.2) is 11.6 Å². The fourth-order valence-corrected chi connectivity index (χ4v) is 7.42. The van der Waals surface area contributed by atoms with Gasteiger partial charge in [-0.05, 0) is 110 Å². The van der Waals surface area contributed by atoms with Crippen LogP contribution in [0, 0.1) is 12.8 Å². The van der Waals surface area contributed by atoms with Gasteiger partial charge < -0.3 is 30.1 Å². The number of carbonyl (C=O) groups is 2. The van der Waals surface area contributed by atoms with Crippen LogP contribution < -0.4 is 15.0 Å². The molecule has 1 aliphatic heterocycles. The second-order valence-electron chi connectivity index (χ2n) is 14.0. The molecule has 0 radical (unpaired) electrons. The van der Waals surface area contributed by atoms with Crippen LogP contribution in [0.1, 0.15) is 59.6 Å². The molecule has 0 aromatic heterocycles. The Morgan fingerprint density at radius 3 is 2.49 bits per heavy atom. The van der Waals surface area contributed by atoms with Gasteiger partial charge in [-0.1, -0.05) is 67.6 Å². The van der Waals surface area contributed by atoms with E-state index in [2.05, 4.69) is 49.2 Å². The highest BCUT2D eigenvalue weighted by Crippen LogP contribution is 2.38. The Bertz CT molecular complexity index is 1850. The van der Waals surface area contributed by atoms with Crippen LogP contribution in [0.15, 0.2) is 97.4 Å². The first-order valence-electron chi connectivity index (χ1n) is 18.1. The Kier molecular flexibility index (Phi) is 11.3. The average molecular weight is 688 g/mol. The van der Waals surface area contributed by atoms with Gasteiger partial charge in [0, 0.05) is 44.6 Å². The monoisotopic (exact) mass is 687 g/mol. The summed E-state index contributed by atoms with van der Waals surface area (Å²) in [7, 11) is 0. The van der Waals surface area contributed by atoms with Gasteiger partial charge in [-0.3, -0.25) is 9.59 Å². The Labute approximate surface area is 301 Å². The van der Waals surface area contributed by atoms with Crippen LogP contribution >= 0.6 is 0 Å². The first-order valence-corrected chi connectivity index (χ1v) is 18.1. The lowest BCUT2D eigenvalue weighted by atomic mass is 9.93. The summed E-state index contributed by atoms with van der Waals surface area (Å²) in [5, 5.41) is 23.8. The summed E-state index contributed by atoms with van der Waals surface area (Å²) in [6, 6.07) is 27.3. The van der Waals surface area contributed by atoms with Crippen molar-refractivity contribution in [3.05, 3.63) is 131 Å². The number of hydrogen-bond donors (Lipinski definition) is 3. The second kappa shape index (κ2) is 16.2. The molecule has 0 saturated carbocycles. The number of phenols is 2. The summed E-state index contributed by atoms with van der Waals surface area (Å²) in [5.41, 5.74) is 7.48. The molecule has 0 spiro atoms. The summed E-state index contributed by atoms with van der Waals surface area (Å²) in [5.74, 6) is 1.09. The number of hydrogen-bond acceptors (Lipinski definition) is 6. The van der Waals surface area contributed by atoms with Gasteiger partial charge in [-0.15, -0.1) is 0 Å². The smallest absolute Gasteiger partial charge is 0.222 e. The van der Waals surface area contributed by atoms with Crippen LogP contribution in [0.2, 0.25) is 0 Å². The third kappa shape index (κ3) is 8.92. The van der Waals surface area contributed by atoms with Crippen LogP contribution in [-0.2, 0) is 41.7 Å². The molecule has 2 amide bonds. The van der Waals surface area contributed by atoms with E-state index < -0.39 is 0 Å². The third-order valence-electron chi connectivity index (χ3n) is 10.3. The Morgan fingerprint density at radius 2 is 1.69 bits per heavy atom. The van der Waals surface area contributed by atoms with E-state index >= 15 is 0 Å². The van der Waals surface area contributed by atoms with Crippen LogP contribution in [0.5, 0.6) is 17.2 Å². The largest absolute Gasteiger partial charge is 0.508 e. The lowest BCUT2D eigenvalue weighted by Gasteiger charge is -2.32. The van der Waals surface area contributed by atoms with Crippen LogP contribution in [0.25, 0.3) is 0 Å². The fraction of sp³-hybridized carbons (Fsp3) is 0.349. The molecular formula is C43H49N3O5. The number of carbonyl (C=O) groups excluding carboxylic acids is 2. The molecule has 51 heavy (non-hydrogen) atoms. The zero-order valence-electron chi connectivity index (χ0n) is 29.7. The first kappa shape index (κ1) is 35.6. The molecule has 1 unspecified atom stereocenters. The van der Waals surface area contributed by atoms with Gasteiger partial charge in [0.05, 0.1) is 5.69 Å². The van der Waals surface area contributed by atoms with E-state index in [-0.39, 0.29) is 48.1 Å². The van der Waals surface area contributed by atoms with Crippen LogP contribution in [0.3, 0.4) is 0 Å². The number of aromatic hydroxyl groups is 2. The van der Waals surface area contributed by atoms with Crippen LogP contribution in [-0.4, -0.2) is 52.6 Å². The number of nitrogens with zero attached hydrogens (tertiary/aromatic N) is 2. The highest BCUT2D eigenvalue weighted by molar-refractivity contribution is 5.78. The van der Waals surface area contributed by atoms with Crippen molar-refractivity contribution in [2.45, 2.75) is 71.3 Å². The van der Waals surface area contributed by atoms with Crippen molar-refractivity contribution in [3.8, 4) is 17.2 Å². The first-order chi connectivity index (χ1) is 24.6. The number of aryl methyl sites for hydroxylation is 3. The summed E-state index contributed by atoms with van der Waals surface area (Å²) >= 11 is 0. The molecule has 8 nitrogen and oxygen atoms in total. The minimum absolute atomic E-state index is 0.000101. The highest BCUT2D eigenvalue weighted by atomic mass is 16.5. The summed E-state index contributed by atoms with van der Waals surface area (Å²) < 4.78 is 5.80. The number of para-hydroxylation sites is 2. The molecule has 266 valence electrons. The third-order valence-corrected chi connectivity index (χ3v) is 10.3. The summed E-state index contributed by atoms with van der Waals surface area (Å²) in [6.45, 7) is 9.41. The molecule has 0 saturated heterocycles. The van der Waals surface area contributed by atoms with Gasteiger partial charge in [-0.2, -0.15) is 0 Å². The average Bonchev–Trinajstić information content (AvgIpc) is 3.71. The molecule has 8 heteroatoms. The molecule has 1 aliphatic carbocycles. The minimum atomic E-state index is -0.219. The normalized spacial score (nSPS) is 14.4. The number of nitrogens with one attached hydrogen (secondary N) is 1. The lowest BCUT2D eigenvalue weighted by Crippen LogP contribution is -2.47. The van der Waals surface area contributed by atoms with E-state index in [0.29, 0.717) is 43.9 Å². The number of fused-ring (bicyclic) bond motifs is 2. The van der Waals surface area contributed by atoms with E-state index in [0.717, 1.165) is 41.8 Å². The molecule has 2 atom stereocenters. The van der Waals surface area contributed by atoms with E-state index in [1.54, 1.807) is 6.07 Å². The van der Waals surface area contributed by atoms with E-state index in [1.165, 1.54) is 29.2 Å². The maximum Gasteiger partial charge on any atom is 0.222 e. The van der Waals surface area contributed by atoms with Crippen molar-refractivity contribution < 1.29 is 24.5 Å². The predicted octanol–water partition coefficient (Wildman–Crippen LogP) is 7.02. The Hall–Kier alpha value is -5.24. The van der Waals surface area contributed by atoms with Crippen molar-refractivity contribution in [2.75, 3.05) is 24.5 Å². The summed E-state index contributed by atoms with van der Waals surface area (Å²) in [4.78, 5) is 31.4. The van der Waals surface area contributed by atoms with E-state index in [9.17, 15) is 19.8 Å². The number of rotatable bonds is 15. The number of benzene rings is 4. The SMILES string of the molecule is C=C1Oc2ccccc2N1CCC(=O)N[C@@H](Cc1ccccc1)C(C)CN(CCc1ccc2c(c1)CCC2)C(=O)CCc1c(C)cc(O)cc1O. The van der Waals surface area contributed by atoms with E-state index in [1.807, 2.05) is 59.2 Å². The van der Waals surface area contributed by atoms with Crippen LogP contribution in [0.4, 0.5) is 5.69 Å². The predicted molar refractivity (Wildman–Crippen MR) is 201 cm³/mol. The number of amides is 2. The molecule has 6 rings (SSSR count). The number of ether oxygens (including phenoxy) is 1. The molecule has 0 bridgehead atoms. The van der Waals surface area contributed by atoms with Gasteiger partial charge in [0.2, 0.25) is 11.8 Å². The van der Waals surface area contributed by atoms with Crippen molar-refractivity contribution in [1.82, 2.24) is 10.2 Å². The molecule has 2 aliphatic rings. The van der Waals surface area contributed by atoms with Crippen molar-refractivity contribution in [1.29, 1.82) is 0 Å². The zero-order chi connectivity index (χ0) is 35.9. The maximum atomic E-state index is 14.0. The van der Waals surface area contributed by atoms with Crippen molar-refractivity contribution >= 4 is 17.5 Å². The standard InChI is InChI=1S/C43H49N3O5/c1-29-24-36(47)27-40(48)37(29)18-19-43(50)45(22-20-33-16-17-34-12-9-13-35(34)25-33)28-30(2)38(26-32-10-5-4-6-11-32)44-42(49)21-23-46-31(3)51-41-15-8-7-14-39(41)46/h4-8,10-11,14-17,24-25,27,30,38,47-48H,3,9,12-13,18-23,26,28H2,1-2H3,(H,44,49)/t30?,38-/m0/s1. The lowest BCUT2D eigenvalue weighted by molar-refractivity contribution is -0.131.